The van der Waals surface area contributed by atoms with Crippen molar-refractivity contribution in [3.05, 3.63) is 34.1 Å². The van der Waals surface area contributed by atoms with Crippen molar-refractivity contribution in [2.75, 3.05) is 13.7 Å². The molecule has 1 aromatic rings. The van der Waals surface area contributed by atoms with E-state index < -0.39 is 0 Å². The minimum Gasteiger partial charge on any atom is -0.384 e. The average Bonchev–Trinajstić information content (AvgIpc) is 2.22. The van der Waals surface area contributed by atoms with Crippen molar-refractivity contribution in [2.24, 2.45) is 11.7 Å². The van der Waals surface area contributed by atoms with Gasteiger partial charge in [0, 0.05) is 24.2 Å². The number of nitrogens with two attached hydrogens (primary N) is 1. The van der Waals surface area contributed by atoms with Crippen molar-refractivity contribution in [1.82, 2.24) is 0 Å². The van der Waals surface area contributed by atoms with Crippen LogP contribution in [0.25, 0.3) is 0 Å². The first-order valence-corrected chi connectivity index (χ1v) is 6.50. The summed E-state index contributed by atoms with van der Waals surface area (Å²) in [4.78, 5) is 0. The normalized spacial score (nSPS) is 14.6. The molecular weight excluding hydrogens is 285 g/mol. The van der Waals surface area contributed by atoms with Crippen molar-refractivity contribution < 1.29 is 9.13 Å². The Hall–Kier alpha value is -0.450. The lowest BCUT2D eigenvalue weighted by Gasteiger charge is -2.17. The van der Waals surface area contributed by atoms with Gasteiger partial charge in [-0.3, -0.25) is 0 Å². The van der Waals surface area contributed by atoms with Crippen LogP contribution in [0.1, 0.15) is 18.9 Å². The molecule has 0 aliphatic carbocycles. The summed E-state index contributed by atoms with van der Waals surface area (Å²) < 4.78 is 18.8. The summed E-state index contributed by atoms with van der Waals surface area (Å²) in [7, 11) is 1.69. The molecule has 1 rings (SSSR count). The van der Waals surface area contributed by atoms with E-state index in [-0.39, 0.29) is 11.9 Å². The number of halogens is 2. The van der Waals surface area contributed by atoms with Crippen LogP contribution >= 0.6 is 15.9 Å². The molecule has 0 spiro atoms. The van der Waals surface area contributed by atoms with E-state index in [9.17, 15) is 4.39 Å². The summed E-state index contributed by atoms with van der Waals surface area (Å²) in [5.41, 5.74) is 7.12. The fraction of sp³-hybridized carbons (Fsp3) is 0.538. The third kappa shape index (κ3) is 5.15. The molecule has 0 saturated heterocycles. The van der Waals surface area contributed by atoms with Gasteiger partial charge in [0.15, 0.2) is 0 Å². The van der Waals surface area contributed by atoms with Gasteiger partial charge in [-0.2, -0.15) is 0 Å². The Morgan fingerprint density at radius 2 is 2.18 bits per heavy atom. The Labute approximate surface area is 110 Å². The molecule has 2 nitrogen and oxygen atoms in total. The quantitative estimate of drug-likeness (QED) is 0.876. The first-order valence-electron chi connectivity index (χ1n) is 5.71. The fourth-order valence-electron chi connectivity index (χ4n) is 1.92. The van der Waals surface area contributed by atoms with E-state index >= 15 is 0 Å². The largest absolute Gasteiger partial charge is 0.384 e. The molecule has 1 aromatic carbocycles. The molecule has 0 bridgehead atoms. The molecule has 0 saturated carbocycles. The predicted molar refractivity (Wildman–Crippen MR) is 71.4 cm³/mol. The maximum atomic E-state index is 12.9. The number of benzene rings is 1. The maximum Gasteiger partial charge on any atom is 0.124 e. The smallest absolute Gasteiger partial charge is 0.124 e. The second-order valence-corrected chi connectivity index (χ2v) is 5.35. The van der Waals surface area contributed by atoms with Crippen LogP contribution in [-0.2, 0) is 11.2 Å². The highest BCUT2D eigenvalue weighted by Crippen LogP contribution is 2.20. The van der Waals surface area contributed by atoms with Crippen LogP contribution in [-0.4, -0.2) is 19.8 Å². The molecule has 2 atom stereocenters. The molecule has 17 heavy (non-hydrogen) atoms. The lowest BCUT2D eigenvalue weighted by molar-refractivity contribution is 0.152. The van der Waals surface area contributed by atoms with Crippen molar-refractivity contribution in [3.8, 4) is 0 Å². The zero-order chi connectivity index (χ0) is 12.8. The van der Waals surface area contributed by atoms with Crippen LogP contribution in [0.15, 0.2) is 22.7 Å². The molecule has 0 fully saturated rings. The van der Waals surface area contributed by atoms with Gasteiger partial charge in [0.25, 0.3) is 0 Å². The lowest BCUT2D eigenvalue weighted by atomic mass is 9.97. The Morgan fingerprint density at radius 1 is 1.47 bits per heavy atom. The van der Waals surface area contributed by atoms with Gasteiger partial charge >= 0.3 is 0 Å². The van der Waals surface area contributed by atoms with Crippen LogP contribution in [0, 0.1) is 11.7 Å². The monoisotopic (exact) mass is 303 g/mol. The van der Waals surface area contributed by atoms with Crippen LogP contribution in [0.5, 0.6) is 0 Å². The van der Waals surface area contributed by atoms with Gasteiger partial charge in [-0.15, -0.1) is 0 Å². The zero-order valence-electron chi connectivity index (χ0n) is 10.2. The zero-order valence-corrected chi connectivity index (χ0v) is 11.8. The minimum absolute atomic E-state index is 0.0712. The highest BCUT2D eigenvalue weighted by molar-refractivity contribution is 9.10. The van der Waals surface area contributed by atoms with E-state index in [4.69, 9.17) is 10.5 Å². The van der Waals surface area contributed by atoms with E-state index in [0.29, 0.717) is 5.92 Å². The van der Waals surface area contributed by atoms with Gasteiger partial charge in [-0.1, -0.05) is 28.9 Å². The van der Waals surface area contributed by atoms with Gasteiger partial charge < -0.3 is 10.5 Å². The molecule has 0 amide bonds. The molecule has 0 radical (unpaired) electrons. The fourth-order valence-corrected chi connectivity index (χ4v) is 2.44. The minimum atomic E-state index is -0.234. The summed E-state index contributed by atoms with van der Waals surface area (Å²) >= 11 is 3.35. The Balaban J connectivity index is 2.52. The molecule has 0 aromatic heterocycles. The molecule has 0 aliphatic heterocycles. The molecular formula is C13H19BrFNO. The second kappa shape index (κ2) is 7.09. The standard InChI is InChI=1S/C13H19BrFNO/c1-9(8-17-2)5-12(16)6-10-3-4-11(15)7-13(10)14/h3-4,7,9,12H,5-6,8,16H2,1-2H3. The predicted octanol–water partition coefficient (Wildman–Crippen LogP) is 3.13. The second-order valence-electron chi connectivity index (χ2n) is 4.50. The van der Waals surface area contributed by atoms with E-state index in [2.05, 4.69) is 22.9 Å². The van der Waals surface area contributed by atoms with Crippen molar-refractivity contribution in [3.63, 3.8) is 0 Å². The number of rotatable bonds is 6. The van der Waals surface area contributed by atoms with Crippen molar-refractivity contribution in [1.29, 1.82) is 0 Å². The SMILES string of the molecule is COCC(C)CC(N)Cc1ccc(F)cc1Br. The molecule has 2 N–H and O–H groups in total. The topological polar surface area (TPSA) is 35.2 Å². The number of methoxy groups -OCH3 is 1. The summed E-state index contributed by atoms with van der Waals surface area (Å²) in [6, 6.07) is 4.79. The van der Waals surface area contributed by atoms with E-state index in [0.717, 1.165) is 29.5 Å². The lowest BCUT2D eigenvalue weighted by Crippen LogP contribution is -2.26. The molecule has 2 unspecified atom stereocenters. The number of hydrogen-bond donors (Lipinski definition) is 1. The first kappa shape index (κ1) is 14.6. The molecule has 96 valence electrons. The van der Waals surface area contributed by atoms with Crippen LogP contribution in [0.3, 0.4) is 0 Å². The number of hydrogen-bond acceptors (Lipinski definition) is 2. The van der Waals surface area contributed by atoms with Gasteiger partial charge in [0.1, 0.15) is 5.82 Å². The van der Waals surface area contributed by atoms with Crippen LogP contribution < -0.4 is 5.73 Å². The average molecular weight is 304 g/mol. The maximum absolute atomic E-state index is 12.9. The van der Waals surface area contributed by atoms with Crippen molar-refractivity contribution in [2.45, 2.75) is 25.8 Å². The van der Waals surface area contributed by atoms with E-state index in [1.165, 1.54) is 12.1 Å². The first-order chi connectivity index (χ1) is 8.02. The van der Waals surface area contributed by atoms with Crippen LogP contribution in [0.2, 0.25) is 0 Å². The molecule has 4 heteroatoms. The molecule has 0 heterocycles. The highest BCUT2D eigenvalue weighted by Gasteiger charge is 2.11. The van der Waals surface area contributed by atoms with Gasteiger partial charge in [-0.25, -0.2) is 4.39 Å². The Kier molecular flexibility index (Phi) is 6.09. The highest BCUT2D eigenvalue weighted by atomic mass is 79.9. The summed E-state index contributed by atoms with van der Waals surface area (Å²) in [6.07, 6.45) is 1.65. The Bertz CT molecular complexity index is 359. The third-order valence-electron chi connectivity index (χ3n) is 2.65. The summed E-state index contributed by atoms with van der Waals surface area (Å²) in [5.74, 6) is 0.205. The third-order valence-corrected chi connectivity index (χ3v) is 3.39. The summed E-state index contributed by atoms with van der Waals surface area (Å²) in [5, 5.41) is 0. The Morgan fingerprint density at radius 3 is 2.76 bits per heavy atom. The van der Waals surface area contributed by atoms with Crippen LogP contribution in [0.4, 0.5) is 4.39 Å². The van der Waals surface area contributed by atoms with Crippen molar-refractivity contribution >= 4 is 15.9 Å². The van der Waals surface area contributed by atoms with E-state index in [1.54, 1.807) is 13.2 Å². The molecule has 0 aliphatic rings. The van der Waals surface area contributed by atoms with Gasteiger partial charge in [0.2, 0.25) is 0 Å². The summed E-state index contributed by atoms with van der Waals surface area (Å²) in [6.45, 7) is 2.83. The number of ether oxygens (including phenoxy) is 1. The van der Waals surface area contributed by atoms with Gasteiger partial charge in [-0.05, 0) is 36.5 Å². The van der Waals surface area contributed by atoms with E-state index in [1.807, 2.05) is 0 Å². The van der Waals surface area contributed by atoms with Gasteiger partial charge in [0.05, 0.1) is 0 Å².